The van der Waals surface area contributed by atoms with Gasteiger partial charge in [-0.3, -0.25) is 4.72 Å². The van der Waals surface area contributed by atoms with Gasteiger partial charge in [-0.05, 0) is 55.8 Å². The number of piperazine rings is 1. The van der Waals surface area contributed by atoms with Gasteiger partial charge in [0.2, 0.25) is 0 Å². The summed E-state index contributed by atoms with van der Waals surface area (Å²) in [5.41, 5.74) is 2.75. The number of methoxy groups -OCH3 is 3. The van der Waals surface area contributed by atoms with Gasteiger partial charge >= 0.3 is 0 Å². The number of ether oxygens (including phenoxy) is 3. The highest BCUT2D eigenvalue weighted by molar-refractivity contribution is 7.92. The second-order valence-electron chi connectivity index (χ2n) is 8.80. The van der Waals surface area contributed by atoms with Gasteiger partial charge in [0.1, 0.15) is 17.6 Å². The molecule has 2 aromatic carbocycles. The van der Waals surface area contributed by atoms with E-state index in [-0.39, 0.29) is 10.6 Å². The Labute approximate surface area is 223 Å². The minimum absolute atomic E-state index is 0.00573. The largest absolute Gasteiger partial charge is 0.497 e. The minimum atomic E-state index is -3.99. The van der Waals surface area contributed by atoms with Crippen molar-refractivity contribution in [2.24, 2.45) is 0 Å². The number of sulfonamides is 1. The quantitative estimate of drug-likeness (QED) is 0.459. The van der Waals surface area contributed by atoms with Crippen molar-refractivity contribution < 1.29 is 22.6 Å². The van der Waals surface area contributed by atoms with Crippen molar-refractivity contribution in [1.29, 1.82) is 5.26 Å². The number of rotatable bonds is 8. The third kappa shape index (κ3) is 5.26. The summed E-state index contributed by atoms with van der Waals surface area (Å²) in [5.74, 6) is 2.08. The van der Waals surface area contributed by atoms with E-state index in [1.54, 1.807) is 21.0 Å². The lowest BCUT2D eigenvalue weighted by Gasteiger charge is -2.37. The average Bonchev–Trinajstić information content (AvgIpc) is 2.94. The summed E-state index contributed by atoms with van der Waals surface area (Å²) in [6, 6.07) is 14.5. The molecule has 0 amide bonds. The molecule has 0 spiro atoms. The fraction of sp³-hybridized carbons (Fsp3) is 0.333. The first-order valence-corrected chi connectivity index (χ1v) is 13.5. The normalized spacial score (nSPS) is 13.6. The van der Waals surface area contributed by atoms with Gasteiger partial charge in [0.25, 0.3) is 10.0 Å². The topological polar surface area (TPSA) is 117 Å². The Morgan fingerprint density at radius 3 is 2.11 bits per heavy atom. The van der Waals surface area contributed by atoms with Crippen molar-refractivity contribution in [2.75, 3.05) is 62.0 Å². The van der Waals surface area contributed by atoms with E-state index in [2.05, 4.69) is 25.6 Å². The van der Waals surface area contributed by atoms with E-state index >= 15 is 0 Å². The van der Waals surface area contributed by atoms with Crippen molar-refractivity contribution in [3.8, 4) is 23.3 Å². The van der Waals surface area contributed by atoms with E-state index in [1.165, 1.54) is 32.4 Å². The van der Waals surface area contributed by atoms with Crippen molar-refractivity contribution >= 4 is 27.2 Å². The molecule has 0 aliphatic carbocycles. The zero-order valence-electron chi connectivity index (χ0n) is 22.1. The summed E-state index contributed by atoms with van der Waals surface area (Å²) >= 11 is 0. The van der Waals surface area contributed by atoms with Crippen LogP contribution in [0, 0.1) is 25.2 Å². The highest BCUT2D eigenvalue weighted by atomic mass is 32.2. The van der Waals surface area contributed by atoms with Gasteiger partial charge in [0, 0.05) is 37.9 Å². The molecule has 1 aromatic heterocycles. The Bertz CT molecular complexity index is 1460. The first kappa shape index (κ1) is 26.9. The Kier molecular flexibility index (Phi) is 7.83. The fourth-order valence-electron chi connectivity index (χ4n) is 4.49. The SMILES string of the molecule is COc1ccc(N2CCN(c3nc(C)c(NS(=O)(=O)c4ccc(OC)c(OC)c4)c(C)c3C#N)CC2)cc1. The van der Waals surface area contributed by atoms with Crippen LogP contribution >= 0.6 is 0 Å². The van der Waals surface area contributed by atoms with Crippen LogP contribution in [0.4, 0.5) is 17.2 Å². The Balaban J connectivity index is 1.57. The van der Waals surface area contributed by atoms with Gasteiger partial charge in [-0.15, -0.1) is 0 Å². The summed E-state index contributed by atoms with van der Waals surface area (Å²) < 4.78 is 44.8. The summed E-state index contributed by atoms with van der Waals surface area (Å²) in [7, 11) is 0.575. The fourth-order valence-corrected chi connectivity index (χ4v) is 5.69. The number of aryl methyl sites for hydroxylation is 1. The predicted octanol–water partition coefficient (Wildman–Crippen LogP) is 3.72. The van der Waals surface area contributed by atoms with E-state index in [0.29, 0.717) is 47.2 Å². The maximum absolute atomic E-state index is 13.2. The van der Waals surface area contributed by atoms with Gasteiger partial charge in [0.15, 0.2) is 11.5 Å². The highest BCUT2D eigenvalue weighted by Gasteiger charge is 2.26. The molecule has 11 heteroatoms. The minimum Gasteiger partial charge on any atom is -0.497 e. The standard InChI is InChI=1S/C27H31N5O5S/c1-18-23(17-28)27(32-14-12-31(13-15-32)20-6-8-21(35-3)9-7-20)29-19(2)26(18)30-38(33,34)22-10-11-24(36-4)25(16-22)37-5/h6-11,16,30H,12-15H2,1-5H3. The van der Waals surface area contributed by atoms with Crippen LogP contribution in [0.2, 0.25) is 0 Å². The van der Waals surface area contributed by atoms with E-state index in [1.807, 2.05) is 24.3 Å². The molecule has 2 heterocycles. The van der Waals surface area contributed by atoms with E-state index < -0.39 is 10.0 Å². The molecule has 38 heavy (non-hydrogen) atoms. The number of aromatic nitrogens is 1. The maximum Gasteiger partial charge on any atom is 0.262 e. The number of nitriles is 1. The number of hydrogen-bond donors (Lipinski definition) is 1. The summed E-state index contributed by atoms with van der Waals surface area (Å²) in [5, 5.41) is 10.0. The Hall–Kier alpha value is -4.17. The molecule has 0 bridgehead atoms. The lowest BCUT2D eigenvalue weighted by atomic mass is 10.1. The number of nitrogens with one attached hydrogen (secondary N) is 1. The Morgan fingerprint density at radius 2 is 1.53 bits per heavy atom. The molecule has 1 N–H and O–H groups in total. The van der Waals surface area contributed by atoms with Crippen LogP contribution in [0.15, 0.2) is 47.4 Å². The maximum atomic E-state index is 13.2. The van der Waals surface area contributed by atoms with E-state index in [4.69, 9.17) is 14.2 Å². The molecular weight excluding hydrogens is 506 g/mol. The molecule has 1 fully saturated rings. The number of nitrogens with zero attached hydrogens (tertiary/aromatic N) is 4. The van der Waals surface area contributed by atoms with Gasteiger partial charge in [-0.2, -0.15) is 5.26 Å². The molecule has 0 unspecified atom stereocenters. The van der Waals surface area contributed by atoms with Crippen LogP contribution in [0.25, 0.3) is 0 Å². The van der Waals surface area contributed by atoms with Crippen molar-refractivity contribution in [2.45, 2.75) is 18.7 Å². The number of benzene rings is 2. The zero-order chi connectivity index (χ0) is 27.4. The summed E-state index contributed by atoms with van der Waals surface area (Å²) in [6.07, 6.45) is 0. The van der Waals surface area contributed by atoms with Crippen LogP contribution in [0.3, 0.4) is 0 Å². The molecule has 0 atom stereocenters. The Morgan fingerprint density at radius 1 is 0.895 bits per heavy atom. The van der Waals surface area contributed by atoms with E-state index in [9.17, 15) is 13.7 Å². The van der Waals surface area contributed by atoms with Gasteiger partial charge in [-0.1, -0.05) is 0 Å². The smallest absolute Gasteiger partial charge is 0.262 e. The summed E-state index contributed by atoms with van der Waals surface area (Å²) in [4.78, 5) is 9.04. The first-order chi connectivity index (χ1) is 18.2. The second kappa shape index (κ2) is 11.1. The lowest BCUT2D eigenvalue weighted by Crippen LogP contribution is -2.47. The molecule has 4 rings (SSSR count). The van der Waals surface area contributed by atoms with Crippen LogP contribution in [0.1, 0.15) is 16.8 Å². The van der Waals surface area contributed by atoms with Crippen LogP contribution in [0.5, 0.6) is 17.2 Å². The van der Waals surface area contributed by atoms with Gasteiger partial charge < -0.3 is 24.0 Å². The molecule has 0 saturated carbocycles. The zero-order valence-corrected chi connectivity index (χ0v) is 22.9. The third-order valence-electron chi connectivity index (χ3n) is 6.64. The highest BCUT2D eigenvalue weighted by Crippen LogP contribution is 2.34. The van der Waals surface area contributed by atoms with Gasteiger partial charge in [-0.25, -0.2) is 13.4 Å². The van der Waals surface area contributed by atoms with Crippen LogP contribution in [-0.4, -0.2) is 60.9 Å². The molecular formula is C27H31N5O5S. The molecule has 1 aliphatic rings. The van der Waals surface area contributed by atoms with Crippen LogP contribution < -0.4 is 28.7 Å². The molecule has 10 nitrogen and oxygen atoms in total. The molecule has 3 aromatic rings. The molecule has 1 saturated heterocycles. The van der Waals surface area contributed by atoms with Gasteiger partial charge in [0.05, 0.1) is 43.2 Å². The first-order valence-electron chi connectivity index (χ1n) is 12.0. The number of pyridine rings is 1. The van der Waals surface area contributed by atoms with Crippen molar-refractivity contribution in [1.82, 2.24) is 4.98 Å². The average molecular weight is 538 g/mol. The molecule has 0 radical (unpaired) electrons. The lowest BCUT2D eigenvalue weighted by molar-refractivity contribution is 0.354. The summed E-state index contributed by atoms with van der Waals surface area (Å²) in [6.45, 7) is 6.32. The molecule has 1 aliphatic heterocycles. The van der Waals surface area contributed by atoms with Crippen LogP contribution in [-0.2, 0) is 10.0 Å². The predicted molar refractivity (Wildman–Crippen MR) is 146 cm³/mol. The number of hydrogen-bond acceptors (Lipinski definition) is 9. The number of anilines is 3. The second-order valence-corrected chi connectivity index (χ2v) is 10.5. The molecule has 200 valence electrons. The monoisotopic (exact) mass is 537 g/mol. The van der Waals surface area contributed by atoms with E-state index in [0.717, 1.165) is 24.5 Å². The van der Waals surface area contributed by atoms with Crippen molar-refractivity contribution in [3.05, 3.63) is 59.3 Å². The third-order valence-corrected chi connectivity index (χ3v) is 7.99. The van der Waals surface area contributed by atoms with Crippen molar-refractivity contribution in [3.63, 3.8) is 0 Å².